The first-order chi connectivity index (χ1) is 9.38. The number of hydrogen-bond acceptors (Lipinski definition) is 1. The highest BCUT2D eigenvalue weighted by Crippen LogP contribution is 2.30. The minimum atomic E-state index is -0.0521. The van der Waals surface area contributed by atoms with E-state index >= 15 is 0 Å². The number of amides is 1. The molecule has 0 aliphatic heterocycles. The van der Waals surface area contributed by atoms with Gasteiger partial charge in [-0.1, -0.05) is 63.2 Å². The van der Waals surface area contributed by atoms with E-state index in [4.69, 9.17) is 0 Å². The molecule has 0 aliphatic carbocycles. The zero-order chi connectivity index (χ0) is 14.8. The fourth-order valence-corrected chi connectivity index (χ4v) is 2.18. The van der Waals surface area contributed by atoms with Gasteiger partial charge in [0.1, 0.15) is 0 Å². The fraction of sp³-hybridized carbons (Fsp3) is 0.278. The number of carbonyl (C=O) groups excluding carboxylic acids is 1. The third kappa shape index (κ3) is 3.27. The maximum absolute atomic E-state index is 11.3. The van der Waals surface area contributed by atoms with E-state index in [1.165, 1.54) is 12.5 Å². The minimum absolute atomic E-state index is 0.0521. The number of anilines is 1. The average molecular weight is 267 g/mol. The molecule has 0 atom stereocenters. The minimum Gasteiger partial charge on any atom is -0.326 e. The SMILES string of the molecule is CC(=O)Nc1ccccc1-c1ccc(C(C)(C)C)cc1. The summed E-state index contributed by atoms with van der Waals surface area (Å²) in [5.74, 6) is -0.0521. The third-order valence-corrected chi connectivity index (χ3v) is 3.30. The monoisotopic (exact) mass is 267 g/mol. The third-order valence-electron chi connectivity index (χ3n) is 3.30. The Kier molecular flexibility index (Phi) is 3.93. The molecule has 0 bridgehead atoms. The topological polar surface area (TPSA) is 29.1 Å². The van der Waals surface area contributed by atoms with Crippen molar-refractivity contribution in [2.45, 2.75) is 33.1 Å². The summed E-state index contributed by atoms with van der Waals surface area (Å²) in [7, 11) is 0. The molecule has 0 radical (unpaired) electrons. The van der Waals surface area contributed by atoms with Gasteiger partial charge in [-0.15, -0.1) is 0 Å². The standard InChI is InChI=1S/C18H21NO/c1-13(20)19-17-8-6-5-7-16(17)14-9-11-15(12-10-14)18(2,3)4/h5-12H,1-4H3,(H,19,20). The molecule has 1 N–H and O–H groups in total. The smallest absolute Gasteiger partial charge is 0.221 e. The molecule has 2 rings (SSSR count). The molecule has 0 saturated heterocycles. The van der Waals surface area contributed by atoms with Gasteiger partial charge >= 0.3 is 0 Å². The van der Waals surface area contributed by atoms with Crippen molar-refractivity contribution < 1.29 is 4.79 Å². The molecule has 0 fully saturated rings. The first kappa shape index (κ1) is 14.3. The Morgan fingerprint density at radius 3 is 2.10 bits per heavy atom. The summed E-state index contributed by atoms with van der Waals surface area (Å²) < 4.78 is 0. The van der Waals surface area contributed by atoms with E-state index in [1.807, 2.05) is 24.3 Å². The van der Waals surface area contributed by atoms with Crippen LogP contribution in [0.2, 0.25) is 0 Å². The molecule has 1 amide bonds. The van der Waals surface area contributed by atoms with Crippen LogP contribution in [-0.4, -0.2) is 5.91 Å². The predicted molar refractivity (Wildman–Crippen MR) is 84.9 cm³/mol. The van der Waals surface area contributed by atoms with E-state index in [9.17, 15) is 4.79 Å². The quantitative estimate of drug-likeness (QED) is 0.845. The number of hydrogen-bond donors (Lipinski definition) is 1. The Hall–Kier alpha value is -2.09. The second kappa shape index (κ2) is 5.49. The summed E-state index contributed by atoms with van der Waals surface area (Å²) in [4.78, 5) is 11.3. The summed E-state index contributed by atoms with van der Waals surface area (Å²) in [6, 6.07) is 16.4. The molecule has 2 aromatic carbocycles. The summed E-state index contributed by atoms with van der Waals surface area (Å²) >= 11 is 0. The van der Waals surface area contributed by atoms with Crippen molar-refractivity contribution in [3.05, 3.63) is 54.1 Å². The van der Waals surface area contributed by atoms with Gasteiger partial charge in [0.05, 0.1) is 0 Å². The predicted octanol–water partition coefficient (Wildman–Crippen LogP) is 4.61. The second-order valence-electron chi connectivity index (χ2n) is 6.05. The summed E-state index contributed by atoms with van der Waals surface area (Å²) in [5.41, 5.74) is 4.46. The van der Waals surface area contributed by atoms with E-state index in [0.717, 1.165) is 16.8 Å². The summed E-state index contributed by atoms with van der Waals surface area (Å²) in [6.07, 6.45) is 0. The Bertz CT molecular complexity index is 606. The molecule has 0 aliphatic rings. The lowest BCUT2D eigenvalue weighted by atomic mass is 9.86. The van der Waals surface area contributed by atoms with Crippen LogP contribution in [0.5, 0.6) is 0 Å². The number of benzene rings is 2. The zero-order valence-electron chi connectivity index (χ0n) is 12.5. The highest BCUT2D eigenvalue weighted by atomic mass is 16.1. The number of para-hydroxylation sites is 1. The molecule has 2 aromatic rings. The Morgan fingerprint density at radius 2 is 1.55 bits per heavy atom. The summed E-state index contributed by atoms with van der Waals surface area (Å²) in [5, 5.41) is 2.88. The molecule has 0 unspecified atom stereocenters. The highest BCUT2D eigenvalue weighted by molar-refractivity contribution is 5.94. The van der Waals surface area contributed by atoms with Crippen molar-refractivity contribution in [2.75, 3.05) is 5.32 Å². The number of carbonyl (C=O) groups is 1. The van der Waals surface area contributed by atoms with Crippen LogP contribution in [0, 0.1) is 0 Å². The molecular formula is C18H21NO. The lowest BCUT2D eigenvalue weighted by molar-refractivity contribution is -0.114. The van der Waals surface area contributed by atoms with E-state index in [-0.39, 0.29) is 11.3 Å². The maximum Gasteiger partial charge on any atom is 0.221 e. The number of nitrogens with one attached hydrogen (secondary N) is 1. The van der Waals surface area contributed by atoms with Crippen molar-refractivity contribution in [1.29, 1.82) is 0 Å². The van der Waals surface area contributed by atoms with Crippen LogP contribution in [0.3, 0.4) is 0 Å². The van der Waals surface area contributed by atoms with Gasteiger partial charge in [0.15, 0.2) is 0 Å². The van der Waals surface area contributed by atoms with Crippen molar-refractivity contribution in [1.82, 2.24) is 0 Å². The van der Waals surface area contributed by atoms with Gasteiger partial charge in [0.2, 0.25) is 5.91 Å². The van der Waals surface area contributed by atoms with E-state index in [2.05, 4.69) is 50.4 Å². The zero-order valence-corrected chi connectivity index (χ0v) is 12.5. The second-order valence-corrected chi connectivity index (χ2v) is 6.05. The van der Waals surface area contributed by atoms with E-state index in [0.29, 0.717) is 0 Å². The molecule has 2 nitrogen and oxygen atoms in total. The van der Waals surface area contributed by atoms with Crippen LogP contribution in [-0.2, 0) is 10.2 Å². The average Bonchev–Trinajstić information content (AvgIpc) is 2.38. The molecule has 0 saturated carbocycles. The molecule has 0 heterocycles. The number of rotatable bonds is 2. The summed E-state index contributed by atoms with van der Waals surface area (Å²) in [6.45, 7) is 8.13. The largest absolute Gasteiger partial charge is 0.326 e. The molecule has 2 heteroatoms. The van der Waals surface area contributed by atoms with Crippen molar-refractivity contribution in [2.24, 2.45) is 0 Å². The van der Waals surface area contributed by atoms with Crippen LogP contribution >= 0.6 is 0 Å². The highest BCUT2D eigenvalue weighted by Gasteiger charge is 2.13. The maximum atomic E-state index is 11.3. The normalized spacial score (nSPS) is 11.2. The van der Waals surface area contributed by atoms with Gasteiger partial charge in [-0.05, 0) is 22.6 Å². The Balaban J connectivity index is 2.39. The van der Waals surface area contributed by atoms with Crippen molar-refractivity contribution in [3.63, 3.8) is 0 Å². The van der Waals surface area contributed by atoms with E-state index in [1.54, 1.807) is 0 Å². The van der Waals surface area contributed by atoms with Gasteiger partial charge < -0.3 is 5.32 Å². The van der Waals surface area contributed by atoms with Crippen LogP contribution in [0.4, 0.5) is 5.69 Å². The van der Waals surface area contributed by atoms with Crippen LogP contribution in [0.15, 0.2) is 48.5 Å². The van der Waals surface area contributed by atoms with Gasteiger partial charge in [-0.25, -0.2) is 0 Å². The van der Waals surface area contributed by atoms with Crippen LogP contribution in [0.25, 0.3) is 11.1 Å². The fourth-order valence-electron chi connectivity index (χ4n) is 2.18. The Labute approximate surface area is 120 Å². The van der Waals surface area contributed by atoms with E-state index < -0.39 is 0 Å². The van der Waals surface area contributed by atoms with Gasteiger partial charge in [0.25, 0.3) is 0 Å². The molecule has 104 valence electrons. The molecule has 20 heavy (non-hydrogen) atoms. The molecule has 0 spiro atoms. The molecule has 0 aromatic heterocycles. The van der Waals surface area contributed by atoms with Crippen LogP contribution in [0.1, 0.15) is 33.3 Å². The van der Waals surface area contributed by atoms with Crippen molar-refractivity contribution >= 4 is 11.6 Å². The lowest BCUT2D eigenvalue weighted by Crippen LogP contribution is -2.10. The Morgan fingerprint density at radius 1 is 0.950 bits per heavy atom. The van der Waals surface area contributed by atoms with Crippen LogP contribution < -0.4 is 5.32 Å². The first-order valence-electron chi connectivity index (χ1n) is 6.85. The van der Waals surface area contributed by atoms with Gasteiger partial charge in [0, 0.05) is 18.2 Å². The lowest BCUT2D eigenvalue weighted by Gasteiger charge is -2.19. The molecular weight excluding hydrogens is 246 g/mol. The first-order valence-corrected chi connectivity index (χ1v) is 6.85. The van der Waals surface area contributed by atoms with Gasteiger partial charge in [-0.3, -0.25) is 4.79 Å². The van der Waals surface area contributed by atoms with Gasteiger partial charge in [-0.2, -0.15) is 0 Å². The van der Waals surface area contributed by atoms with Crippen molar-refractivity contribution in [3.8, 4) is 11.1 Å².